The molecule has 0 radical (unpaired) electrons. The third-order valence-electron chi connectivity index (χ3n) is 6.29. The molecule has 6 nitrogen and oxygen atoms in total. The lowest BCUT2D eigenvalue weighted by Gasteiger charge is -2.36. The Labute approximate surface area is 195 Å². The minimum absolute atomic E-state index is 0.182. The quantitative estimate of drug-likeness (QED) is 0.413. The molecule has 4 aromatic rings. The Morgan fingerprint density at radius 2 is 1.71 bits per heavy atom. The smallest absolute Gasteiger partial charge is 0.249 e. The number of pyridine rings is 2. The van der Waals surface area contributed by atoms with Gasteiger partial charge in [-0.3, -0.25) is 9.69 Å². The molecule has 34 heavy (non-hydrogen) atoms. The van der Waals surface area contributed by atoms with Crippen molar-refractivity contribution in [3.05, 3.63) is 76.6 Å². The second kappa shape index (κ2) is 9.77. The minimum Gasteiger partial charge on any atom is -0.478 e. The van der Waals surface area contributed by atoms with Gasteiger partial charge in [-0.05, 0) is 55.1 Å². The highest BCUT2D eigenvalue weighted by atomic mass is 19.2. The molecule has 1 N–H and O–H groups in total. The van der Waals surface area contributed by atoms with Gasteiger partial charge < -0.3 is 14.6 Å². The molecule has 8 heteroatoms. The number of anilines is 1. The van der Waals surface area contributed by atoms with Crippen molar-refractivity contribution >= 4 is 27.5 Å². The number of fused-ring (bicyclic) bond motifs is 2. The van der Waals surface area contributed by atoms with Crippen LogP contribution in [0.25, 0.3) is 21.8 Å². The highest BCUT2D eigenvalue weighted by molar-refractivity contribution is 5.94. The number of unbranched alkanes of at least 4 members (excludes halogenated alkanes) is 1. The topological polar surface area (TPSA) is 61.5 Å². The summed E-state index contributed by atoms with van der Waals surface area (Å²) in [4.78, 5) is 23.2. The zero-order valence-electron chi connectivity index (χ0n) is 18.8. The Morgan fingerprint density at radius 1 is 0.912 bits per heavy atom. The normalized spacial score (nSPS) is 14.7. The van der Waals surface area contributed by atoms with E-state index in [-0.39, 0.29) is 5.56 Å². The number of halogens is 2. The maximum atomic E-state index is 13.8. The Balaban J connectivity index is 1.08. The summed E-state index contributed by atoms with van der Waals surface area (Å²) >= 11 is 0. The van der Waals surface area contributed by atoms with Gasteiger partial charge in [0.2, 0.25) is 11.4 Å². The number of benzene rings is 2. The van der Waals surface area contributed by atoms with Crippen LogP contribution < -0.4 is 15.2 Å². The van der Waals surface area contributed by atoms with Crippen LogP contribution in [0.4, 0.5) is 14.5 Å². The van der Waals surface area contributed by atoms with E-state index >= 15 is 0 Å². The summed E-state index contributed by atoms with van der Waals surface area (Å²) in [5, 5.41) is 2.33. The molecule has 0 aliphatic carbocycles. The Kier molecular flexibility index (Phi) is 6.40. The van der Waals surface area contributed by atoms with Crippen LogP contribution in [0, 0.1) is 11.6 Å². The number of piperazine rings is 1. The maximum Gasteiger partial charge on any atom is 0.249 e. The van der Waals surface area contributed by atoms with E-state index in [2.05, 4.69) is 19.8 Å². The van der Waals surface area contributed by atoms with Crippen LogP contribution in [-0.4, -0.2) is 54.2 Å². The van der Waals surface area contributed by atoms with Gasteiger partial charge in [0, 0.05) is 54.8 Å². The monoisotopic (exact) mass is 464 g/mol. The third kappa shape index (κ3) is 4.87. The van der Waals surface area contributed by atoms with Gasteiger partial charge >= 0.3 is 0 Å². The number of H-pyrrole nitrogens is 1. The number of nitrogens with zero attached hydrogens (tertiary/aromatic N) is 3. The van der Waals surface area contributed by atoms with Crippen LogP contribution in [-0.2, 0) is 0 Å². The summed E-state index contributed by atoms with van der Waals surface area (Å²) in [5.74, 6) is -1.12. The summed E-state index contributed by atoms with van der Waals surface area (Å²) in [6.07, 6.45) is 1.91. The fourth-order valence-electron chi connectivity index (χ4n) is 4.45. The lowest BCUT2D eigenvalue weighted by Crippen LogP contribution is -2.46. The van der Waals surface area contributed by atoms with Gasteiger partial charge in [-0.25, -0.2) is 8.78 Å². The Bertz CT molecular complexity index is 1370. The molecule has 0 spiro atoms. The lowest BCUT2D eigenvalue weighted by molar-refractivity contribution is 0.237. The van der Waals surface area contributed by atoms with E-state index in [0.717, 1.165) is 62.0 Å². The molecule has 3 heterocycles. The van der Waals surface area contributed by atoms with Crippen molar-refractivity contribution < 1.29 is 13.5 Å². The second-order valence-electron chi connectivity index (χ2n) is 8.56. The van der Waals surface area contributed by atoms with Gasteiger partial charge in [0.15, 0.2) is 11.6 Å². The van der Waals surface area contributed by atoms with E-state index in [9.17, 15) is 13.6 Å². The molecule has 1 aliphatic heterocycles. The number of ether oxygens (including phenoxy) is 1. The van der Waals surface area contributed by atoms with E-state index < -0.39 is 11.6 Å². The Hall–Kier alpha value is -3.52. The summed E-state index contributed by atoms with van der Waals surface area (Å²) in [5.41, 5.74) is 1.30. The summed E-state index contributed by atoms with van der Waals surface area (Å²) in [6.45, 7) is 5.06. The zero-order chi connectivity index (χ0) is 23.5. The lowest BCUT2D eigenvalue weighted by atomic mass is 10.1. The minimum atomic E-state index is -0.815. The predicted octanol–water partition coefficient (Wildman–Crippen LogP) is 4.34. The average Bonchev–Trinajstić information content (AvgIpc) is 2.84. The van der Waals surface area contributed by atoms with Gasteiger partial charge in [0.1, 0.15) is 5.65 Å². The molecule has 0 amide bonds. The molecule has 0 atom stereocenters. The van der Waals surface area contributed by atoms with E-state index in [0.29, 0.717) is 23.5 Å². The highest BCUT2D eigenvalue weighted by Gasteiger charge is 2.19. The van der Waals surface area contributed by atoms with Crippen molar-refractivity contribution in [2.45, 2.75) is 12.8 Å². The first-order valence-electron chi connectivity index (χ1n) is 11.5. The highest BCUT2D eigenvalue weighted by Crippen LogP contribution is 2.29. The van der Waals surface area contributed by atoms with Crippen LogP contribution in [0.5, 0.6) is 5.88 Å². The van der Waals surface area contributed by atoms with Crippen LogP contribution in [0.15, 0.2) is 59.4 Å². The fourth-order valence-corrected chi connectivity index (χ4v) is 4.45. The van der Waals surface area contributed by atoms with E-state index in [1.54, 1.807) is 6.07 Å². The molecule has 0 bridgehead atoms. The summed E-state index contributed by atoms with van der Waals surface area (Å²) < 4.78 is 33.2. The number of hydrogen-bond acceptors (Lipinski definition) is 5. The van der Waals surface area contributed by atoms with Crippen molar-refractivity contribution in [3.8, 4) is 5.88 Å². The second-order valence-corrected chi connectivity index (χ2v) is 8.56. The van der Waals surface area contributed by atoms with Gasteiger partial charge in [-0.1, -0.05) is 12.1 Å². The number of rotatable bonds is 7. The molecule has 0 unspecified atom stereocenters. The van der Waals surface area contributed by atoms with Crippen LogP contribution >= 0.6 is 0 Å². The Morgan fingerprint density at radius 3 is 2.56 bits per heavy atom. The van der Waals surface area contributed by atoms with Crippen molar-refractivity contribution in [2.75, 3.05) is 44.2 Å². The molecule has 5 rings (SSSR count). The van der Waals surface area contributed by atoms with Gasteiger partial charge in [0.25, 0.3) is 0 Å². The molecular formula is C26H26F2N4O2. The molecule has 2 aromatic carbocycles. The molecule has 1 fully saturated rings. The molecular weight excluding hydrogens is 438 g/mol. The van der Waals surface area contributed by atoms with Crippen molar-refractivity contribution in [1.82, 2.24) is 14.9 Å². The maximum absolute atomic E-state index is 13.8. The average molecular weight is 465 g/mol. The van der Waals surface area contributed by atoms with E-state index in [1.807, 2.05) is 30.3 Å². The van der Waals surface area contributed by atoms with Crippen LogP contribution in [0.1, 0.15) is 12.8 Å². The molecule has 1 aliphatic rings. The molecule has 0 saturated carbocycles. The fraction of sp³-hybridized carbons (Fsp3) is 0.308. The van der Waals surface area contributed by atoms with E-state index in [1.165, 1.54) is 18.2 Å². The molecule has 176 valence electrons. The first-order valence-corrected chi connectivity index (χ1v) is 11.5. The number of aromatic nitrogens is 2. The van der Waals surface area contributed by atoms with Gasteiger partial charge in [-0.15, -0.1) is 0 Å². The first-order chi connectivity index (χ1) is 16.6. The van der Waals surface area contributed by atoms with Crippen LogP contribution in [0.2, 0.25) is 0 Å². The van der Waals surface area contributed by atoms with E-state index in [4.69, 9.17) is 4.74 Å². The zero-order valence-corrected chi connectivity index (χ0v) is 18.8. The largest absolute Gasteiger partial charge is 0.478 e. The first kappa shape index (κ1) is 22.3. The summed E-state index contributed by atoms with van der Waals surface area (Å²) in [6, 6.07) is 15.2. The van der Waals surface area contributed by atoms with Gasteiger partial charge in [-0.2, -0.15) is 4.98 Å². The van der Waals surface area contributed by atoms with Crippen molar-refractivity contribution in [2.24, 2.45) is 0 Å². The van der Waals surface area contributed by atoms with Crippen molar-refractivity contribution in [3.63, 3.8) is 0 Å². The number of hydrogen-bond donors (Lipinski definition) is 1. The van der Waals surface area contributed by atoms with Crippen LogP contribution in [0.3, 0.4) is 0 Å². The van der Waals surface area contributed by atoms with Crippen molar-refractivity contribution in [1.29, 1.82) is 0 Å². The summed E-state index contributed by atoms with van der Waals surface area (Å²) in [7, 11) is 0. The third-order valence-corrected chi connectivity index (χ3v) is 6.29. The SMILES string of the molecule is O=c1ccc2ccc(OCCCCN3CCN(c4cccc5cc(F)c(F)cc45)CC3)nc2[nH]1. The number of aromatic amines is 1. The number of nitrogens with one attached hydrogen (secondary N) is 1. The molecule has 1 saturated heterocycles. The predicted molar refractivity (Wildman–Crippen MR) is 130 cm³/mol. The molecule has 2 aromatic heterocycles. The van der Waals surface area contributed by atoms with Gasteiger partial charge in [0.05, 0.1) is 6.61 Å². The standard InChI is InChI=1S/C26H26F2N4O2/c27-21-16-19-4-3-5-23(20(19)17-22(21)28)32-13-11-31(12-14-32)10-1-2-15-34-25-9-7-18-6-8-24(33)29-26(18)30-25/h3-9,16-17H,1-2,10-15H2,(H,29,30,33).